The second-order valence-corrected chi connectivity index (χ2v) is 11.4. The molecule has 1 aliphatic carbocycles. The van der Waals surface area contributed by atoms with Crippen LogP contribution in [0.15, 0.2) is 53.4 Å². The minimum absolute atomic E-state index is 0.0113. The highest BCUT2D eigenvalue weighted by Crippen LogP contribution is 2.37. The lowest BCUT2D eigenvalue weighted by atomic mass is 9.85. The molecule has 6 nitrogen and oxygen atoms in total. The van der Waals surface area contributed by atoms with Crippen LogP contribution in [-0.2, 0) is 10.0 Å². The summed E-state index contributed by atoms with van der Waals surface area (Å²) in [6.45, 7) is -2.67. The zero-order valence-electron chi connectivity index (χ0n) is 20.7. The predicted octanol–water partition coefficient (Wildman–Crippen LogP) is 5.70. The third-order valence-corrected chi connectivity index (χ3v) is 8.71. The lowest BCUT2D eigenvalue weighted by Crippen LogP contribution is -2.46. The maximum absolute atomic E-state index is 12.7. The number of para-hydroxylation sites is 1. The second kappa shape index (κ2) is 12.2. The van der Waals surface area contributed by atoms with Crippen LogP contribution in [0.1, 0.15) is 50.0 Å². The number of halogens is 5. The molecule has 0 radical (unpaired) electrons. The average molecular weight is 563 g/mol. The van der Waals surface area contributed by atoms with Gasteiger partial charge in [-0.15, -0.1) is 0 Å². The van der Waals surface area contributed by atoms with Crippen molar-refractivity contribution in [1.82, 2.24) is 9.62 Å². The molecule has 1 saturated heterocycles. The molecule has 0 spiro atoms. The molecule has 0 atom stereocenters. The Morgan fingerprint density at radius 3 is 2.16 bits per heavy atom. The van der Waals surface area contributed by atoms with Crippen LogP contribution >= 0.6 is 0 Å². The van der Waals surface area contributed by atoms with Crippen molar-refractivity contribution < 1.29 is 39.8 Å². The van der Waals surface area contributed by atoms with Crippen molar-refractivity contribution in [2.45, 2.75) is 74.2 Å². The van der Waals surface area contributed by atoms with E-state index in [2.05, 4.69) is 14.4 Å². The summed E-state index contributed by atoms with van der Waals surface area (Å²) in [4.78, 5) is 2.38. The Hall–Kier alpha value is -2.44. The highest BCUT2D eigenvalue weighted by atomic mass is 32.2. The van der Waals surface area contributed by atoms with Gasteiger partial charge >= 0.3 is 12.8 Å². The van der Waals surface area contributed by atoms with Crippen LogP contribution in [0.4, 0.5) is 22.0 Å². The number of alkyl halides is 5. The van der Waals surface area contributed by atoms with E-state index < -0.39 is 29.4 Å². The molecule has 2 aromatic carbocycles. The fourth-order valence-electron chi connectivity index (χ4n) is 5.33. The minimum atomic E-state index is -4.39. The Bertz CT molecular complexity index is 1140. The zero-order valence-corrected chi connectivity index (χ0v) is 21.5. The first-order valence-electron chi connectivity index (χ1n) is 12.6. The van der Waals surface area contributed by atoms with Gasteiger partial charge in [-0.2, -0.15) is 22.0 Å². The Morgan fingerprint density at radius 2 is 1.55 bits per heavy atom. The maximum Gasteiger partial charge on any atom is 0.422 e. The summed E-state index contributed by atoms with van der Waals surface area (Å²) in [7, 11) is -3.79. The van der Waals surface area contributed by atoms with Gasteiger partial charge in [0.15, 0.2) is 6.61 Å². The van der Waals surface area contributed by atoms with E-state index in [0.717, 1.165) is 44.3 Å². The number of piperidine rings is 1. The van der Waals surface area contributed by atoms with Gasteiger partial charge in [0, 0.05) is 12.1 Å². The van der Waals surface area contributed by atoms with Crippen LogP contribution in [0.25, 0.3) is 0 Å². The summed E-state index contributed by atoms with van der Waals surface area (Å²) >= 11 is 0. The van der Waals surface area contributed by atoms with E-state index in [1.807, 2.05) is 12.1 Å². The number of sulfonamides is 1. The van der Waals surface area contributed by atoms with E-state index in [1.54, 1.807) is 12.1 Å². The van der Waals surface area contributed by atoms with Gasteiger partial charge < -0.3 is 14.4 Å². The summed E-state index contributed by atoms with van der Waals surface area (Å²) in [5.74, 6) is 0.295. The number of ether oxygens (including phenoxy) is 2. The SMILES string of the molecule is O=S(=O)(NC1CCC(N2CCC(c3ccccc3OCC(F)(F)F)CC2)CC1)c1ccc(OC(F)F)cc1. The van der Waals surface area contributed by atoms with E-state index >= 15 is 0 Å². The van der Waals surface area contributed by atoms with Crippen LogP contribution in [0.2, 0.25) is 0 Å². The van der Waals surface area contributed by atoms with Gasteiger partial charge in [0.25, 0.3) is 0 Å². The van der Waals surface area contributed by atoms with Gasteiger partial charge in [0.05, 0.1) is 4.90 Å². The van der Waals surface area contributed by atoms with Crippen molar-refractivity contribution in [2.24, 2.45) is 0 Å². The van der Waals surface area contributed by atoms with Crippen LogP contribution in [0, 0.1) is 0 Å². The molecule has 1 saturated carbocycles. The van der Waals surface area contributed by atoms with Crippen LogP contribution < -0.4 is 14.2 Å². The number of nitrogens with zero attached hydrogens (tertiary/aromatic N) is 1. The second-order valence-electron chi connectivity index (χ2n) is 9.73. The lowest BCUT2D eigenvalue weighted by Gasteiger charge is -2.41. The van der Waals surface area contributed by atoms with Gasteiger partial charge in [-0.3, -0.25) is 0 Å². The zero-order chi connectivity index (χ0) is 27.3. The molecule has 0 aromatic heterocycles. The van der Waals surface area contributed by atoms with Crippen molar-refractivity contribution in [3.8, 4) is 11.5 Å². The molecular formula is C26H31F5N2O4S. The number of hydrogen-bond donors (Lipinski definition) is 1. The van der Waals surface area contributed by atoms with Crippen molar-refractivity contribution in [2.75, 3.05) is 19.7 Å². The number of nitrogens with one attached hydrogen (secondary N) is 1. The highest BCUT2D eigenvalue weighted by molar-refractivity contribution is 7.89. The number of rotatable bonds is 9. The smallest absolute Gasteiger partial charge is 0.422 e. The molecule has 38 heavy (non-hydrogen) atoms. The molecule has 1 heterocycles. The summed E-state index contributed by atoms with van der Waals surface area (Å²) in [6.07, 6.45) is 0.220. The van der Waals surface area contributed by atoms with Crippen molar-refractivity contribution in [3.63, 3.8) is 0 Å². The molecule has 0 unspecified atom stereocenters. The van der Waals surface area contributed by atoms with Gasteiger partial charge in [-0.05, 0) is 93.4 Å². The Kier molecular flexibility index (Phi) is 9.15. The van der Waals surface area contributed by atoms with Gasteiger partial charge in [0.1, 0.15) is 11.5 Å². The quantitative estimate of drug-likeness (QED) is 0.398. The standard InChI is InChI=1S/C26H31F5N2O4S/c27-25(28)37-21-9-11-22(12-10-21)38(34,35)32-19-5-7-20(8-6-19)33-15-13-18(14-16-33)23-3-1-2-4-24(23)36-17-26(29,30)31/h1-4,9-12,18-20,25,32H,5-8,13-17H2. The molecule has 1 aliphatic heterocycles. The van der Waals surface area contributed by atoms with E-state index in [0.29, 0.717) is 18.9 Å². The largest absolute Gasteiger partial charge is 0.484 e. The first-order chi connectivity index (χ1) is 18.0. The first kappa shape index (κ1) is 28.6. The number of benzene rings is 2. The van der Waals surface area contributed by atoms with Gasteiger partial charge in [-0.25, -0.2) is 13.1 Å². The molecule has 4 rings (SSSR count). The molecule has 0 amide bonds. The molecule has 2 aromatic rings. The molecule has 12 heteroatoms. The molecule has 210 valence electrons. The van der Waals surface area contributed by atoms with Crippen LogP contribution in [0.3, 0.4) is 0 Å². The number of likely N-dealkylation sites (tertiary alicyclic amines) is 1. The van der Waals surface area contributed by atoms with Gasteiger partial charge in [0.2, 0.25) is 10.0 Å². The fraction of sp³-hybridized carbons (Fsp3) is 0.538. The number of hydrogen-bond acceptors (Lipinski definition) is 5. The molecule has 2 fully saturated rings. The van der Waals surface area contributed by atoms with Crippen molar-refractivity contribution in [1.29, 1.82) is 0 Å². The maximum atomic E-state index is 12.7. The highest BCUT2D eigenvalue weighted by Gasteiger charge is 2.33. The average Bonchev–Trinajstić information content (AvgIpc) is 2.88. The van der Waals surface area contributed by atoms with Crippen LogP contribution in [0.5, 0.6) is 11.5 Å². The summed E-state index contributed by atoms with van der Waals surface area (Å²) in [5.41, 5.74) is 0.809. The van der Waals surface area contributed by atoms with Crippen LogP contribution in [-0.4, -0.2) is 57.9 Å². The fourth-order valence-corrected chi connectivity index (χ4v) is 6.64. The Morgan fingerprint density at radius 1 is 0.921 bits per heavy atom. The predicted molar refractivity (Wildman–Crippen MR) is 131 cm³/mol. The van der Waals surface area contributed by atoms with Crippen molar-refractivity contribution in [3.05, 3.63) is 54.1 Å². The van der Waals surface area contributed by atoms with Gasteiger partial charge in [-0.1, -0.05) is 18.2 Å². The Labute approximate surface area is 219 Å². The van der Waals surface area contributed by atoms with E-state index in [9.17, 15) is 30.4 Å². The first-order valence-corrected chi connectivity index (χ1v) is 14.1. The molecule has 1 N–H and O–H groups in total. The molecule has 2 aliphatic rings. The topological polar surface area (TPSA) is 67.9 Å². The van der Waals surface area contributed by atoms with Crippen molar-refractivity contribution >= 4 is 10.0 Å². The monoisotopic (exact) mass is 562 g/mol. The summed E-state index contributed by atoms with van der Waals surface area (Å²) in [5, 5.41) is 0. The third kappa shape index (κ3) is 7.79. The molecular weight excluding hydrogens is 531 g/mol. The normalized spacial score (nSPS) is 21.9. The summed E-state index contributed by atoms with van der Waals surface area (Å²) in [6, 6.07) is 11.9. The summed E-state index contributed by atoms with van der Waals surface area (Å²) < 4.78 is 100. The lowest BCUT2D eigenvalue weighted by molar-refractivity contribution is -0.153. The van der Waals surface area contributed by atoms with E-state index in [1.165, 1.54) is 24.3 Å². The third-order valence-electron chi connectivity index (χ3n) is 7.17. The van der Waals surface area contributed by atoms with E-state index in [4.69, 9.17) is 4.74 Å². The minimum Gasteiger partial charge on any atom is -0.484 e. The molecule has 0 bridgehead atoms. The Balaban J connectivity index is 1.25. The van der Waals surface area contributed by atoms with E-state index in [-0.39, 0.29) is 28.4 Å².